The van der Waals surface area contributed by atoms with Crippen molar-refractivity contribution in [3.63, 3.8) is 0 Å². The molecule has 2 atom stereocenters. The molecule has 0 saturated heterocycles. The largest absolute Gasteiger partial charge is 0.495 e. The van der Waals surface area contributed by atoms with E-state index in [-0.39, 0.29) is 22.7 Å². The first-order chi connectivity index (χ1) is 11.5. The zero-order chi connectivity index (χ0) is 18.7. The number of hydrogen-bond acceptors (Lipinski definition) is 6. The summed E-state index contributed by atoms with van der Waals surface area (Å²) in [6, 6.07) is 0. The molecule has 136 valence electrons. The molecule has 6 heteroatoms. The van der Waals surface area contributed by atoms with Gasteiger partial charge in [-0.25, -0.2) is 0 Å². The molecule has 0 unspecified atom stereocenters. The molecule has 2 heterocycles. The van der Waals surface area contributed by atoms with E-state index in [0.717, 1.165) is 0 Å². The minimum Gasteiger partial charge on any atom is -0.495 e. The van der Waals surface area contributed by atoms with Gasteiger partial charge in [-0.1, -0.05) is 0 Å². The van der Waals surface area contributed by atoms with Gasteiger partial charge in [0.25, 0.3) is 0 Å². The van der Waals surface area contributed by atoms with Crippen LogP contribution in [0.5, 0.6) is 17.2 Å². The number of rotatable bonds is 2. The fourth-order valence-electron chi connectivity index (χ4n) is 3.33. The van der Waals surface area contributed by atoms with Crippen LogP contribution in [0.15, 0.2) is 6.08 Å². The molecule has 0 aromatic heterocycles. The smallest absolute Gasteiger partial charge is 0.167 e. The first kappa shape index (κ1) is 17.8. The van der Waals surface area contributed by atoms with Gasteiger partial charge in [0.15, 0.2) is 5.78 Å². The molecule has 2 aliphatic rings. The number of hydrogen-bond donors (Lipinski definition) is 2. The van der Waals surface area contributed by atoms with Crippen LogP contribution < -0.4 is 14.2 Å². The molecule has 1 aromatic rings. The SMILES string of the molecule is COc1c(C(C)=O)c2c(c3c1[C@@H](O)[C@H](O)C(C)(C)O3)C=CC(C)(C)O2. The molecule has 3 rings (SSSR count). The average molecular weight is 348 g/mol. The number of benzene rings is 1. The van der Waals surface area contributed by atoms with Gasteiger partial charge in [0.2, 0.25) is 0 Å². The van der Waals surface area contributed by atoms with E-state index >= 15 is 0 Å². The standard InChI is InChI=1S/C19H24O6/c1-9(20)11-14-10(7-8-18(2,3)24-14)15-12(16(11)23-6)13(21)17(22)19(4,5)25-15/h7-8,13,17,21-22H,1-6H3/t13-,17+/m1/s1. The van der Waals surface area contributed by atoms with E-state index in [1.165, 1.54) is 14.0 Å². The molecular formula is C19H24O6. The molecule has 2 N–H and O–H groups in total. The molecular weight excluding hydrogens is 324 g/mol. The maximum Gasteiger partial charge on any atom is 0.167 e. The Kier molecular flexibility index (Phi) is 3.89. The lowest BCUT2D eigenvalue weighted by molar-refractivity contribution is -0.112. The Hall–Kier alpha value is -2.05. The van der Waals surface area contributed by atoms with Crippen LogP contribution in [0, 0.1) is 0 Å². The lowest BCUT2D eigenvalue weighted by Crippen LogP contribution is -2.49. The number of carbonyl (C=O) groups is 1. The van der Waals surface area contributed by atoms with Crippen molar-refractivity contribution in [3.05, 3.63) is 22.8 Å². The van der Waals surface area contributed by atoms with Gasteiger partial charge in [-0.15, -0.1) is 0 Å². The number of carbonyl (C=O) groups excluding carboxylic acids is 1. The van der Waals surface area contributed by atoms with Crippen LogP contribution in [0.2, 0.25) is 0 Å². The maximum absolute atomic E-state index is 12.3. The fraction of sp³-hybridized carbons (Fsp3) is 0.526. The summed E-state index contributed by atoms with van der Waals surface area (Å²) in [5, 5.41) is 21.1. The van der Waals surface area contributed by atoms with Crippen molar-refractivity contribution < 1.29 is 29.2 Å². The number of ether oxygens (including phenoxy) is 3. The summed E-state index contributed by atoms with van der Waals surface area (Å²) in [6.45, 7) is 8.56. The van der Waals surface area contributed by atoms with E-state index in [4.69, 9.17) is 14.2 Å². The molecule has 0 fully saturated rings. The van der Waals surface area contributed by atoms with Gasteiger partial charge in [0, 0.05) is 0 Å². The highest BCUT2D eigenvalue weighted by molar-refractivity contribution is 6.02. The number of methoxy groups -OCH3 is 1. The zero-order valence-corrected chi connectivity index (χ0v) is 15.3. The Bertz CT molecular complexity index is 775. The van der Waals surface area contributed by atoms with Crippen LogP contribution in [0.3, 0.4) is 0 Å². The zero-order valence-electron chi connectivity index (χ0n) is 15.3. The van der Waals surface area contributed by atoms with Gasteiger partial charge in [0.05, 0.1) is 18.2 Å². The third-order valence-electron chi connectivity index (χ3n) is 4.68. The molecule has 6 nitrogen and oxygen atoms in total. The van der Waals surface area contributed by atoms with Crippen LogP contribution in [-0.2, 0) is 0 Å². The lowest BCUT2D eigenvalue weighted by Gasteiger charge is -2.42. The highest BCUT2D eigenvalue weighted by atomic mass is 16.5. The Labute approximate surface area is 147 Å². The van der Waals surface area contributed by atoms with E-state index in [0.29, 0.717) is 17.1 Å². The molecule has 0 radical (unpaired) electrons. The normalized spacial score (nSPS) is 25.3. The molecule has 0 saturated carbocycles. The van der Waals surface area contributed by atoms with Crippen LogP contribution in [0.1, 0.15) is 62.2 Å². The number of Topliss-reactive ketones (excluding diaryl/α,β-unsaturated/α-hetero) is 1. The van der Waals surface area contributed by atoms with Crippen molar-refractivity contribution in [2.45, 2.75) is 58.0 Å². The van der Waals surface area contributed by atoms with E-state index in [9.17, 15) is 15.0 Å². The number of aliphatic hydroxyl groups excluding tert-OH is 2. The second kappa shape index (κ2) is 5.47. The molecule has 0 spiro atoms. The van der Waals surface area contributed by atoms with E-state index < -0.39 is 23.4 Å². The van der Waals surface area contributed by atoms with Crippen LogP contribution in [0.4, 0.5) is 0 Å². The topological polar surface area (TPSA) is 85.2 Å². The number of aliphatic hydroxyl groups is 2. The summed E-state index contributed by atoms with van der Waals surface area (Å²) in [7, 11) is 1.41. The van der Waals surface area contributed by atoms with Gasteiger partial charge >= 0.3 is 0 Å². The number of ketones is 1. The Morgan fingerprint density at radius 1 is 1.16 bits per heavy atom. The van der Waals surface area contributed by atoms with E-state index in [1.807, 2.05) is 26.0 Å². The monoisotopic (exact) mass is 348 g/mol. The van der Waals surface area contributed by atoms with Gasteiger partial charge in [0.1, 0.15) is 46.2 Å². The van der Waals surface area contributed by atoms with Gasteiger partial charge in [-0.05, 0) is 46.8 Å². The Balaban J connectivity index is 2.41. The summed E-state index contributed by atoms with van der Waals surface area (Å²) >= 11 is 0. The van der Waals surface area contributed by atoms with E-state index in [1.54, 1.807) is 13.8 Å². The third kappa shape index (κ3) is 2.60. The van der Waals surface area contributed by atoms with Crippen LogP contribution >= 0.6 is 0 Å². The van der Waals surface area contributed by atoms with Crippen molar-refractivity contribution in [2.75, 3.05) is 7.11 Å². The van der Waals surface area contributed by atoms with Gasteiger partial charge in [-0.3, -0.25) is 4.79 Å². The van der Waals surface area contributed by atoms with Gasteiger partial charge in [-0.2, -0.15) is 0 Å². The minimum absolute atomic E-state index is 0.175. The van der Waals surface area contributed by atoms with E-state index in [2.05, 4.69) is 0 Å². The summed E-state index contributed by atoms with van der Waals surface area (Å²) in [6.07, 6.45) is 1.27. The first-order valence-corrected chi connectivity index (χ1v) is 8.22. The molecule has 1 aromatic carbocycles. The molecule has 25 heavy (non-hydrogen) atoms. The quantitative estimate of drug-likeness (QED) is 0.799. The first-order valence-electron chi connectivity index (χ1n) is 8.22. The predicted molar refractivity (Wildman–Crippen MR) is 92.4 cm³/mol. The van der Waals surface area contributed by atoms with Crippen molar-refractivity contribution >= 4 is 11.9 Å². The highest BCUT2D eigenvalue weighted by Gasteiger charge is 2.47. The van der Waals surface area contributed by atoms with Crippen molar-refractivity contribution in [1.82, 2.24) is 0 Å². The molecule has 0 aliphatic carbocycles. The van der Waals surface area contributed by atoms with Crippen molar-refractivity contribution in [2.24, 2.45) is 0 Å². The molecule has 2 aliphatic heterocycles. The highest BCUT2D eigenvalue weighted by Crippen LogP contribution is 2.54. The predicted octanol–water partition coefficient (Wildman–Crippen LogP) is 2.65. The second-order valence-electron chi connectivity index (χ2n) is 7.58. The molecule has 0 bridgehead atoms. The summed E-state index contributed by atoms with van der Waals surface area (Å²) < 4.78 is 17.5. The lowest BCUT2D eigenvalue weighted by atomic mass is 9.84. The third-order valence-corrected chi connectivity index (χ3v) is 4.68. The van der Waals surface area contributed by atoms with Crippen molar-refractivity contribution in [3.8, 4) is 17.2 Å². The van der Waals surface area contributed by atoms with Gasteiger partial charge < -0.3 is 24.4 Å². The van der Waals surface area contributed by atoms with Crippen LogP contribution in [-0.4, -0.2) is 40.4 Å². The Morgan fingerprint density at radius 3 is 2.36 bits per heavy atom. The van der Waals surface area contributed by atoms with Crippen LogP contribution in [0.25, 0.3) is 6.08 Å². The maximum atomic E-state index is 12.3. The minimum atomic E-state index is -1.25. The van der Waals surface area contributed by atoms with Crippen molar-refractivity contribution in [1.29, 1.82) is 0 Å². The average Bonchev–Trinajstić information content (AvgIpc) is 2.49. The summed E-state index contributed by atoms with van der Waals surface area (Å²) in [5.41, 5.74) is -0.531. The summed E-state index contributed by atoms with van der Waals surface area (Å²) in [5.74, 6) is 0.657. The molecule has 0 amide bonds. The summed E-state index contributed by atoms with van der Waals surface area (Å²) in [4.78, 5) is 12.3. The second-order valence-corrected chi connectivity index (χ2v) is 7.58. The number of fused-ring (bicyclic) bond motifs is 3. The Morgan fingerprint density at radius 2 is 1.80 bits per heavy atom. The fourth-order valence-corrected chi connectivity index (χ4v) is 3.33.